The Labute approximate surface area is 82.3 Å². The first-order chi connectivity index (χ1) is 6.23. The van der Waals surface area contributed by atoms with Gasteiger partial charge < -0.3 is 5.32 Å². The first kappa shape index (κ1) is 9.51. The number of rotatable bonds is 3. The highest BCUT2D eigenvalue weighted by molar-refractivity contribution is 5.08. The lowest BCUT2D eigenvalue weighted by atomic mass is 9.86. The predicted molar refractivity (Wildman–Crippen MR) is 56.8 cm³/mol. The first-order valence-corrected chi connectivity index (χ1v) is 5.96. The highest BCUT2D eigenvalue weighted by atomic mass is 15.0. The van der Waals surface area contributed by atoms with E-state index < -0.39 is 0 Å². The van der Waals surface area contributed by atoms with Crippen LogP contribution in [0.15, 0.2) is 0 Å². The third-order valence-electron chi connectivity index (χ3n) is 3.81. The SMILES string of the molecule is CC(C)CNC1CC12CCCCC2. The maximum Gasteiger partial charge on any atom is 0.0130 e. The van der Waals surface area contributed by atoms with Gasteiger partial charge in [0.1, 0.15) is 0 Å². The number of hydrogen-bond donors (Lipinski definition) is 1. The molecule has 1 nitrogen and oxygen atoms in total. The highest BCUT2D eigenvalue weighted by Crippen LogP contribution is 2.56. The van der Waals surface area contributed by atoms with E-state index in [2.05, 4.69) is 19.2 Å². The lowest BCUT2D eigenvalue weighted by molar-refractivity contribution is 0.310. The van der Waals surface area contributed by atoms with E-state index in [1.165, 1.54) is 45.1 Å². The van der Waals surface area contributed by atoms with Crippen molar-refractivity contribution >= 4 is 0 Å². The van der Waals surface area contributed by atoms with Gasteiger partial charge in [0.2, 0.25) is 0 Å². The van der Waals surface area contributed by atoms with Crippen molar-refractivity contribution in [2.75, 3.05) is 6.54 Å². The molecule has 76 valence electrons. The van der Waals surface area contributed by atoms with E-state index in [9.17, 15) is 0 Å². The zero-order valence-electron chi connectivity index (χ0n) is 9.10. The Morgan fingerprint density at radius 3 is 2.54 bits per heavy atom. The van der Waals surface area contributed by atoms with Gasteiger partial charge in [-0.1, -0.05) is 33.1 Å². The topological polar surface area (TPSA) is 12.0 Å². The van der Waals surface area contributed by atoms with Crippen LogP contribution in [0.1, 0.15) is 52.4 Å². The Morgan fingerprint density at radius 1 is 1.23 bits per heavy atom. The molecule has 0 aromatic heterocycles. The van der Waals surface area contributed by atoms with Gasteiger partial charge in [-0.25, -0.2) is 0 Å². The molecule has 0 saturated heterocycles. The van der Waals surface area contributed by atoms with Gasteiger partial charge in [-0.15, -0.1) is 0 Å². The van der Waals surface area contributed by atoms with E-state index in [-0.39, 0.29) is 0 Å². The summed E-state index contributed by atoms with van der Waals surface area (Å²) in [6, 6.07) is 0.884. The summed E-state index contributed by atoms with van der Waals surface area (Å²) in [4.78, 5) is 0. The van der Waals surface area contributed by atoms with E-state index in [1.54, 1.807) is 0 Å². The molecule has 1 spiro atoms. The van der Waals surface area contributed by atoms with Gasteiger partial charge in [-0.2, -0.15) is 0 Å². The van der Waals surface area contributed by atoms with Crippen LogP contribution in [0, 0.1) is 11.3 Å². The summed E-state index contributed by atoms with van der Waals surface area (Å²) in [5, 5.41) is 3.72. The second-order valence-electron chi connectivity index (χ2n) is 5.48. The average Bonchev–Trinajstić information content (AvgIpc) is 2.77. The molecule has 0 heterocycles. The molecule has 0 aromatic rings. The number of hydrogen-bond acceptors (Lipinski definition) is 1. The minimum absolute atomic E-state index is 0.771. The third-order valence-corrected chi connectivity index (χ3v) is 3.81. The second kappa shape index (κ2) is 3.61. The van der Waals surface area contributed by atoms with Crippen molar-refractivity contribution in [1.29, 1.82) is 0 Å². The predicted octanol–water partition coefficient (Wildman–Crippen LogP) is 2.95. The fourth-order valence-corrected chi connectivity index (χ4v) is 2.82. The van der Waals surface area contributed by atoms with Gasteiger partial charge >= 0.3 is 0 Å². The van der Waals surface area contributed by atoms with E-state index in [0.717, 1.165) is 17.4 Å². The van der Waals surface area contributed by atoms with Crippen molar-refractivity contribution in [3.8, 4) is 0 Å². The minimum Gasteiger partial charge on any atom is -0.313 e. The maximum atomic E-state index is 3.72. The normalized spacial score (nSPS) is 31.2. The summed E-state index contributed by atoms with van der Waals surface area (Å²) in [7, 11) is 0. The maximum absolute atomic E-state index is 3.72. The van der Waals surface area contributed by atoms with E-state index in [0.29, 0.717) is 0 Å². The summed E-state index contributed by atoms with van der Waals surface area (Å²) < 4.78 is 0. The van der Waals surface area contributed by atoms with Crippen molar-refractivity contribution in [2.24, 2.45) is 11.3 Å². The molecule has 2 aliphatic rings. The van der Waals surface area contributed by atoms with Gasteiger partial charge in [0.05, 0.1) is 0 Å². The number of nitrogens with one attached hydrogen (secondary N) is 1. The third kappa shape index (κ3) is 2.07. The lowest BCUT2D eigenvalue weighted by Gasteiger charge is -2.22. The average molecular weight is 181 g/mol. The lowest BCUT2D eigenvalue weighted by Crippen LogP contribution is -2.27. The van der Waals surface area contributed by atoms with Crippen LogP contribution in [0.5, 0.6) is 0 Å². The molecule has 0 bridgehead atoms. The molecule has 0 aromatic carbocycles. The quantitative estimate of drug-likeness (QED) is 0.706. The summed E-state index contributed by atoms with van der Waals surface area (Å²) in [5.74, 6) is 0.807. The molecule has 1 atom stereocenters. The standard InChI is InChI=1S/C12H23N/c1-10(2)9-13-11-8-12(11)6-4-3-5-7-12/h10-11,13H,3-9H2,1-2H3. The van der Waals surface area contributed by atoms with Crippen molar-refractivity contribution < 1.29 is 0 Å². The molecular formula is C12H23N. The second-order valence-corrected chi connectivity index (χ2v) is 5.48. The molecule has 1 N–H and O–H groups in total. The Balaban J connectivity index is 1.73. The summed E-state index contributed by atoms with van der Waals surface area (Å²) in [6.07, 6.45) is 8.93. The fraction of sp³-hybridized carbons (Fsp3) is 1.00. The van der Waals surface area contributed by atoms with Crippen LogP contribution in [0.25, 0.3) is 0 Å². The van der Waals surface area contributed by atoms with E-state index in [1.807, 2.05) is 0 Å². The van der Waals surface area contributed by atoms with Crippen LogP contribution in [0.2, 0.25) is 0 Å². The molecule has 0 radical (unpaired) electrons. The minimum atomic E-state index is 0.771. The van der Waals surface area contributed by atoms with Crippen molar-refractivity contribution in [3.63, 3.8) is 0 Å². The van der Waals surface area contributed by atoms with Crippen LogP contribution < -0.4 is 5.32 Å². The first-order valence-electron chi connectivity index (χ1n) is 5.96. The van der Waals surface area contributed by atoms with Crippen molar-refractivity contribution in [1.82, 2.24) is 5.32 Å². The molecule has 13 heavy (non-hydrogen) atoms. The molecule has 2 saturated carbocycles. The zero-order valence-corrected chi connectivity index (χ0v) is 9.10. The largest absolute Gasteiger partial charge is 0.313 e. The van der Waals surface area contributed by atoms with E-state index in [4.69, 9.17) is 0 Å². The molecule has 0 aliphatic heterocycles. The Morgan fingerprint density at radius 2 is 1.92 bits per heavy atom. The molecule has 1 heteroatoms. The molecule has 2 aliphatic carbocycles. The van der Waals surface area contributed by atoms with Crippen LogP contribution in [0.4, 0.5) is 0 Å². The summed E-state index contributed by atoms with van der Waals surface area (Å²) >= 11 is 0. The van der Waals surface area contributed by atoms with Crippen LogP contribution >= 0.6 is 0 Å². The molecule has 1 unspecified atom stereocenters. The summed E-state index contributed by atoms with van der Waals surface area (Å²) in [5.41, 5.74) is 0.771. The monoisotopic (exact) mass is 181 g/mol. The van der Waals surface area contributed by atoms with Gasteiger partial charge in [-0.3, -0.25) is 0 Å². The molecular weight excluding hydrogens is 158 g/mol. The fourth-order valence-electron chi connectivity index (χ4n) is 2.82. The van der Waals surface area contributed by atoms with Crippen LogP contribution in [-0.2, 0) is 0 Å². The van der Waals surface area contributed by atoms with Gasteiger partial charge in [-0.05, 0) is 37.1 Å². The van der Waals surface area contributed by atoms with E-state index >= 15 is 0 Å². The molecule has 2 rings (SSSR count). The van der Waals surface area contributed by atoms with Crippen molar-refractivity contribution in [3.05, 3.63) is 0 Å². The Bertz CT molecular complexity index is 168. The molecule has 2 fully saturated rings. The van der Waals surface area contributed by atoms with Gasteiger partial charge in [0.15, 0.2) is 0 Å². The zero-order chi connectivity index (χ0) is 9.31. The Kier molecular flexibility index (Phi) is 2.64. The molecule has 0 amide bonds. The van der Waals surface area contributed by atoms with Gasteiger partial charge in [0, 0.05) is 6.04 Å². The van der Waals surface area contributed by atoms with Crippen LogP contribution in [-0.4, -0.2) is 12.6 Å². The van der Waals surface area contributed by atoms with Crippen molar-refractivity contribution in [2.45, 2.75) is 58.4 Å². The highest BCUT2D eigenvalue weighted by Gasteiger charge is 2.53. The summed E-state index contributed by atoms with van der Waals surface area (Å²) in [6.45, 7) is 5.80. The van der Waals surface area contributed by atoms with Gasteiger partial charge in [0.25, 0.3) is 0 Å². The van der Waals surface area contributed by atoms with Crippen LogP contribution in [0.3, 0.4) is 0 Å². The smallest absolute Gasteiger partial charge is 0.0130 e. The Hall–Kier alpha value is -0.0400.